The van der Waals surface area contributed by atoms with Crippen molar-refractivity contribution in [3.63, 3.8) is 0 Å². The molecule has 0 bridgehead atoms. The number of fused-ring (bicyclic) bond motifs is 3. The lowest BCUT2D eigenvalue weighted by atomic mass is 9.99. The van der Waals surface area contributed by atoms with Gasteiger partial charge in [0.1, 0.15) is 11.2 Å². The molecule has 8 aromatic rings. The minimum atomic E-state index is -0.641. The second-order valence-corrected chi connectivity index (χ2v) is 10.9. The van der Waals surface area contributed by atoms with E-state index in [9.17, 15) is 7.54 Å². The molecule has 0 saturated carbocycles. The smallest absolute Gasteiger partial charge is 0.213 e. The normalized spacial score (nSPS) is 14.4. The second kappa shape index (κ2) is 12.0. The Hall–Kier alpha value is -6.53. The fraction of sp³-hybridized carbons (Fsp3) is 0.0238. The number of anilines is 2. The summed E-state index contributed by atoms with van der Waals surface area (Å²) in [6.07, 6.45) is 0.672. The quantitative estimate of drug-likeness (QED) is 0.139. The first kappa shape index (κ1) is 19.2. The molecule has 0 atom stereocenters. The highest BCUT2D eigenvalue weighted by atomic mass is 16.3. The number of nitrogens with zero attached hydrogens (tertiary/aromatic N) is 3. The van der Waals surface area contributed by atoms with Gasteiger partial charge in [0.25, 0.3) is 0 Å². The second-order valence-electron chi connectivity index (χ2n) is 10.9. The predicted molar refractivity (Wildman–Crippen MR) is 195 cm³/mol. The van der Waals surface area contributed by atoms with Gasteiger partial charge in [-0.05, 0) is 58.6 Å². The van der Waals surface area contributed by atoms with Crippen molar-refractivity contribution >= 4 is 39.7 Å². The number of carbonyl (C=O) groups excluding carboxylic acids is 1. The number of carbonyl (C=O) groups is 1. The molecule has 6 aromatic carbocycles. The van der Waals surface area contributed by atoms with Crippen molar-refractivity contribution in [1.82, 2.24) is 9.97 Å². The molecule has 0 radical (unpaired) electrons. The molecule has 6 heteroatoms. The summed E-state index contributed by atoms with van der Waals surface area (Å²) in [5.74, 6) is 0.246. The number of rotatable bonds is 7. The standard InChI is InChI=1S/C42H30N4O2/c1-46(26-47)39-22-20-32(23-36(39)43)27-11-15-29(16-12-27)37-25-38(45-42(44-37)31-7-3-2-4-8-31)30-17-13-28(14-18-30)33-19-21-35-34-9-5-6-10-40(34)48-41(35)24-33/h2-26H,43H2,1H3/i5D,6D,9D,10D,13D,14D,17D,18D,19D,21D,24D. The van der Waals surface area contributed by atoms with Crippen LogP contribution >= 0.6 is 0 Å². The van der Waals surface area contributed by atoms with E-state index in [0.717, 1.165) is 11.1 Å². The van der Waals surface area contributed by atoms with Gasteiger partial charge in [-0.3, -0.25) is 4.79 Å². The van der Waals surface area contributed by atoms with Crippen molar-refractivity contribution in [1.29, 1.82) is 0 Å². The van der Waals surface area contributed by atoms with Crippen LogP contribution in [0.2, 0.25) is 0 Å². The van der Waals surface area contributed by atoms with Crippen LogP contribution in [0.3, 0.4) is 0 Å². The molecule has 0 aliphatic carbocycles. The first-order valence-corrected chi connectivity index (χ1v) is 14.8. The van der Waals surface area contributed by atoms with Crippen LogP contribution in [0.1, 0.15) is 15.1 Å². The Labute approximate surface area is 293 Å². The number of amides is 1. The number of aromatic nitrogens is 2. The summed E-state index contributed by atoms with van der Waals surface area (Å²) in [6.45, 7) is 0. The molecule has 0 spiro atoms. The molecule has 230 valence electrons. The van der Waals surface area contributed by atoms with Gasteiger partial charge in [-0.15, -0.1) is 0 Å². The van der Waals surface area contributed by atoms with Crippen LogP contribution in [0, 0.1) is 0 Å². The summed E-state index contributed by atoms with van der Waals surface area (Å²) in [4.78, 5) is 22.2. The summed E-state index contributed by atoms with van der Waals surface area (Å²) in [5.41, 5.74) is 8.90. The lowest BCUT2D eigenvalue weighted by Gasteiger charge is -2.15. The molecular weight excluding hydrogens is 592 g/mol. The fourth-order valence-electron chi connectivity index (χ4n) is 5.37. The van der Waals surface area contributed by atoms with E-state index in [1.54, 1.807) is 49.5 Å². The Bertz CT molecular complexity index is 3040. The summed E-state index contributed by atoms with van der Waals surface area (Å²) >= 11 is 0. The Kier molecular flexibility index (Phi) is 4.80. The molecule has 2 aromatic heterocycles. The third-order valence-electron chi connectivity index (χ3n) is 7.85. The van der Waals surface area contributed by atoms with Gasteiger partial charge in [0.15, 0.2) is 5.82 Å². The molecule has 6 nitrogen and oxygen atoms in total. The lowest BCUT2D eigenvalue weighted by molar-refractivity contribution is -0.107. The van der Waals surface area contributed by atoms with Crippen molar-refractivity contribution in [2.24, 2.45) is 0 Å². The van der Waals surface area contributed by atoms with Gasteiger partial charge >= 0.3 is 0 Å². The molecular formula is C42H30N4O2. The minimum Gasteiger partial charge on any atom is -0.456 e. The molecule has 8 rings (SSSR count). The summed E-state index contributed by atoms with van der Waals surface area (Å²) in [6, 6.07) is 17.0. The number of para-hydroxylation sites is 1. The molecule has 2 heterocycles. The molecule has 0 aliphatic rings. The van der Waals surface area contributed by atoms with Gasteiger partial charge in [-0.1, -0.05) is 109 Å². The lowest BCUT2D eigenvalue weighted by Crippen LogP contribution is -2.15. The highest BCUT2D eigenvalue weighted by molar-refractivity contribution is 6.05. The Morgan fingerprint density at radius 1 is 0.646 bits per heavy atom. The highest BCUT2D eigenvalue weighted by Crippen LogP contribution is 2.35. The van der Waals surface area contributed by atoms with Gasteiger partial charge in [-0.2, -0.15) is 0 Å². The van der Waals surface area contributed by atoms with E-state index in [1.165, 1.54) is 4.90 Å². The first-order valence-electron chi connectivity index (χ1n) is 20.3. The first-order chi connectivity index (χ1) is 28.1. The van der Waals surface area contributed by atoms with Crippen molar-refractivity contribution in [2.75, 3.05) is 17.7 Å². The molecule has 0 saturated heterocycles. The van der Waals surface area contributed by atoms with E-state index >= 15 is 0 Å². The van der Waals surface area contributed by atoms with Crippen LogP contribution < -0.4 is 10.6 Å². The predicted octanol–water partition coefficient (Wildman–Crippen LogP) is 9.89. The highest BCUT2D eigenvalue weighted by Gasteiger charge is 2.13. The molecule has 0 aliphatic heterocycles. The van der Waals surface area contributed by atoms with Gasteiger partial charge in [0, 0.05) is 34.5 Å². The molecule has 48 heavy (non-hydrogen) atoms. The van der Waals surface area contributed by atoms with E-state index in [4.69, 9.17) is 32.5 Å². The molecule has 0 fully saturated rings. The summed E-state index contributed by atoms with van der Waals surface area (Å²) < 4.78 is 102. The van der Waals surface area contributed by atoms with E-state index in [2.05, 4.69) is 0 Å². The topological polar surface area (TPSA) is 85.2 Å². The monoisotopic (exact) mass is 633 g/mol. The number of hydrogen-bond acceptors (Lipinski definition) is 5. The Balaban J connectivity index is 1.29. The van der Waals surface area contributed by atoms with E-state index in [-0.39, 0.29) is 39.0 Å². The van der Waals surface area contributed by atoms with Gasteiger partial charge in [0.2, 0.25) is 6.41 Å². The maximum atomic E-state index is 11.3. The SMILES string of the molecule is [2H]c1c([2H])c(-c2c([2H])c([2H])c3c(oc4c([2H])c([2H])c([2H])c([2H])c43)c2[2H])c([2H])c([2H])c1-c1cc(-c2ccc(-c3ccc(N(C)C=O)c(N)c3)cc2)nc(-c2ccccc2)n1. The number of hydrogen-bond donors (Lipinski definition) is 1. The van der Waals surface area contributed by atoms with E-state index in [1.807, 2.05) is 36.4 Å². The maximum Gasteiger partial charge on any atom is 0.213 e. The zero-order valence-electron chi connectivity index (χ0n) is 36.3. The van der Waals surface area contributed by atoms with Crippen LogP contribution in [-0.4, -0.2) is 23.4 Å². The number of benzene rings is 6. The zero-order valence-corrected chi connectivity index (χ0v) is 25.3. The Morgan fingerprint density at radius 3 is 2.04 bits per heavy atom. The average molecular weight is 634 g/mol. The van der Waals surface area contributed by atoms with Crippen LogP contribution in [-0.2, 0) is 4.79 Å². The zero-order chi connectivity index (χ0) is 42.2. The minimum absolute atomic E-state index is 0.0681. The van der Waals surface area contributed by atoms with Crippen LogP contribution in [0.25, 0.3) is 78.1 Å². The van der Waals surface area contributed by atoms with Crippen molar-refractivity contribution in [2.45, 2.75) is 0 Å². The van der Waals surface area contributed by atoms with Gasteiger partial charge in [-0.25, -0.2) is 9.97 Å². The summed E-state index contributed by atoms with van der Waals surface area (Å²) in [7, 11) is 1.61. The summed E-state index contributed by atoms with van der Waals surface area (Å²) in [5, 5.41) is -0.373. The van der Waals surface area contributed by atoms with Crippen LogP contribution in [0.4, 0.5) is 11.4 Å². The molecule has 0 unspecified atom stereocenters. The third kappa shape index (κ3) is 5.35. The van der Waals surface area contributed by atoms with E-state index < -0.39 is 77.6 Å². The fourth-order valence-corrected chi connectivity index (χ4v) is 5.37. The van der Waals surface area contributed by atoms with Gasteiger partial charge < -0.3 is 15.1 Å². The maximum absolute atomic E-state index is 11.3. The third-order valence-corrected chi connectivity index (χ3v) is 7.85. The van der Waals surface area contributed by atoms with E-state index in [0.29, 0.717) is 34.6 Å². The molecule has 1 amide bonds. The largest absolute Gasteiger partial charge is 0.456 e. The van der Waals surface area contributed by atoms with Crippen LogP contribution in [0.15, 0.2) is 150 Å². The number of nitrogens with two attached hydrogens (primary N) is 1. The van der Waals surface area contributed by atoms with Crippen molar-refractivity contribution < 1.29 is 24.3 Å². The average Bonchev–Trinajstić information content (AvgIpc) is 3.66. The van der Waals surface area contributed by atoms with Crippen molar-refractivity contribution in [3.8, 4) is 56.2 Å². The number of nitrogen functional groups attached to an aromatic ring is 1. The van der Waals surface area contributed by atoms with Crippen LogP contribution in [0.5, 0.6) is 0 Å². The molecule has 2 N–H and O–H groups in total. The van der Waals surface area contributed by atoms with Gasteiger partial charge in [0.05, 0.1) is 37.8 Å². The van der Waals surface area contributed by atoms with Crippen molar-refractivity contribution in [3.05, 3.63) is 145 Å². The Morgan fingerprint density at radius 2 is 1.29 bits per heavy atom. The number of furan rings is 1.